The van der Waals surface area contributed by atoms with Crippen molar-refractivity contribution in [3.63, 3.8) is 0 Å². The largest absolute Gasteiger partial charge is 0.454 e. The summed E-state index contributed by atoms with van der Waals surface area (Å²) in [6, 6.07) is 0. The molecule has 0 aliphatic carbocycles. The first kappa shape index (κ1) is 6.54. The lowest BCUT2D eigenvalue weighted by Gasteiger charge is -1.75. The predicted molar refractivity (Wildman–Crippen MR) is 35.4 cm³/mol. The summed E-state index contributed by atoms with van der Waals surface area (Å²) in [4.78, 5) is 0. The van der Waals surface area contributed by atoms with Crippen LogP contribution in [-0.2, 0) is 4.74 Å². The van der Waals surface area contributed by atoms with E-state index in [-0.39, 0.29) is 0 Å². The zero-order valence-corrected chi connectivity index (χ0v) is 5.01. The van der Waals surface area contributed by atoms with E-state index < -0.39 is 0 Å². The van der Waals surface area contributed by atoms with Gasteiger partial charge in [-0.05, 0) is 34.5 Å². The summed E-state index contributed by atoms with van der Waals surface area (Å²) in [5.74, 6) is 0. The molecule has 0 spiro atoms. The molecule has 0 rings (SSSR count). The first-order valence-electron chi connectivity index (χ1n) is 1.46. The fourth-order valence-electron chi connectivity index (χ4n) is 0.0896. The lowest BCUT2D eigenvalue weighted by Crippen LogP contribution is -1.60. The Morgan fingerprint density at radius 2 is 1.57 bits per heavy atom. The van der Waals surface area contributed by atoms with Gasteiger partial charge in [-0.15, -0.1) is 0 Å². The molecule has 7 heavy (non-hydrogen) atoms. The average Bonchev–Trinajstić information content (AvgIpc) is 1.69. The standard InChI is InChI=1S/C4H2OS2/c6-3-1-5-2-4-7/h1-2H. The minimum atomic E-state index is 1.22. The Balaban J connectivity index is 3.33. The Morgan fingerprint density at radius 3 is 1.86 bits per heavy atom. The Kier molecular flexibility index (Phi) is 5.18. The Labute approximate surface area is 52.3 Å². The number of hydrogen-bond acceptors (Lipinski definition) is 3. The second-order valence-electron chi connectivity index (χ2n) is 0.607. The van der Waals surface area contributed by atoms with Gasteiger partial charge in [-0.25, -0.2) is 0 Å². The fourth-order valence-corrected chi connectivity index (χ4v) is 0.201. The molecule has 0 aromatic carbocycles. The van der Waals surface area contributed by atoms with Gasteiger partial charge in [0, 0.05) is 0 Å². The summed E-state index contributed by atoms with van der Waals surface area (Å²) in [7, 11) is 0. The van der Waals surface area contributed by atoms with Crippen molar-refractivity contribution in [3.8, 4) is 0 Å². The van der Waals surface area contributed by atoms with Crippen molar-refractivity contribution < 1.29 is 4.74 Å². The second-order valence-corrected chi connectivity index (χ2v) is 1.08. The van der Waals surface area contributed by atoms with Crippen LogP contribution in [0, 0.1) is 0 Å². The normalized spacial score (nSPS) is 5.14. The van der Waals surface area contributed by atoms with Crippen molar-refractivity contribution in [1.82, 2.24) is 0 Å². The van der Waals surface area contributed by atoms with E-state index in [1.807, 2.05) is 0 Å². The average molecular weight is 130 g/mol. The summed E-state index contributed by atoms with van der Waals surface area (Å²) in [5.41, 5.74) is 0. The van der Waals surface area contributed by atoms with Gasteiger partial charge >= 0.3 is 0 Å². The zero-order valence-electron chi connectivity index (χ0n) is 3.38. The Morgan fingerprint density at radius 1 is 1.14 bits per heavy atom. The van der Waals surface area contributed by atoms with Crippen LogP contribution in [-0.4, -0.2) is 10.0 Å². The van der Waals surface area contributed by atoms with Crippen molar-refractivity contribution >= 4 is 34.5 Å². The minimum absolute atomic E-state index is 1.22. The highest BCUT2D eigenvalue weighted by atomic mass is 32.1. The first-order chi connectivity index (χ1) is 3.41. The van der Waals surface area contributed by atoms with E-state index in [1.165, 1.54) is 12.5 Å². The van der Waals surface area contributed by atoms with Crippen LogP contribution >= 0.6 is 24.4 Å². The smallest absolute Gasteiger partial charge is 0.144 e. The van der Waals surface area contributed by atoms with Gasteiger partial charge in [0.15, 0.2) is 0 Å². The van der Waals surface area contributed by atoms with Gasteiger partial charge in [0.2, 0.25) is 0 Å². The Hall–Kier alpha value is -0.460. The van der Waals surface area contributed by atoms with E-state index in [2.05, 4.69) is 39.2 Å². The van der Waals surface area contributed by atoms with Crippen LogP contribution in [0.3, 0.4) is 0 Å². The molecule has 0 atom stereocenters. The molecular formula is C4H2OS2. The van der Waals surface area contributed by atoms with Gasteiger partial charge in [0.05, 0.1) is 0 Å². The molecule has 0 aromatic rings. The lowest BCUT2D eigenvalue weighted by atomic mass is 11.1. The second kappa shape index (κ2) is 5.54. The lowest BCUT2D eigenvalue weighted by molar-refractivity contribution is 0.416. The third kappa shape index (κ3) is 5.54. The molecule has 0 aromatic heterocycles. The van der Waals surface area contributed by atoms with Crippen molar-refractivity contribution in [2.45, 2.75) is 0 Å². The van der Waals surface area contributed by atoms with Gasteiger partial charge < -0.3 is 4.74 Å². The van der Waals surface area contributed by atoms with Crippen LogP contribution in [0.5, 0.6) is 0 Å². The van der Waals surface area contributed by atoms with Crippen molar-refractivity contribution in [3.05, 3.63) is 12.5 Å². The molecule has 3 heteroatoms. The minimum Gasteiger partial charge on any atom is -0.454 e. The topological polar surface area (TPSA) is 9.23 Å². The predicted octanol–water partition coefficient (Wildman–Crippen LogP) is 1.23. The summed E-state index contributed by atoms with van der Waals surface area (Å²) in [5, 5.41) is 4.44. The molecule has 0 saturated carbocycles. The van der Waals surface area contributed by atoms with Crippen molar-refractivity contribution in [2.75, 3.05) is 0 Å². The SMILES string of the molecule is S=C=COC=C=S. The maximum absolute atomic E-state index is 4.45. The van der Waals surface area contributed by atoms with Gasteiger partial charge in [-0.2, -0.15) is 0 Å². The monoisotopic (exact) mass is 130 g/mol. The summed E-state index contributed by atoms with van der Waals surface area (Å²) in [6.07, 6.45) is 2.43. The third-order valence-corrected chi connectivity index (χ3v) is 0.425. The molecule has 0 N–H and O–H groups in total. The maximum Gasteiger partial charge on any atom is 0.144 e. The van der Waals surface area contributed by atoms with E-state index in [1.54, 1.807) is 0 Å². The van der Waals surface area contributed by atoms with Crippen LogP contribution in [0.1, 0.15) is 0 Å². The number of ether oxygens (including phenoxy) is 1. The van der Waals surface area contributed by atoms with Crippen molar-refractivity contribution in [1.29, 1.82) is 0 Å². The van der Waals surface area contributed by atoms with Gasteiger partial charge in [-0.1, -0.05) is 0 Å². The highest BCUT2D eigenvalue weighted by molar-refractivity contribution is 7.78. The first-order valence-corrected chi connectivity index (χ1v) is 2.27. The highest BCUT2D eigenvalue weighted by Crippen LogP contribution is 1.66. The Bertz CT molecular complexity index is 113. The molecule has 0 aliphatic heterocycles. The van der Waals surface area contributed by atoms with E-state index >= 15 is 0 Å². The van der Waals surface area contributed by atoms with Gasteiger partial charge in [0.25, 0.3) is 0 Å². The molecule has 0 amide bonds. The fraction of sp³-hybridized carbons (Fsp3) is 0. The van der Waals surface area contributed by atoms with Crippen LogP contribution in [0.15, 0.2) is 12.5 Å². The molecular weight excluding hydrogens is 128 g/mol. The molecule has 0 fully saturated rings. The summed E-state index contributed by atoms with van der Waals surface area (Å²) < 4.78 is 4.45. The molecule has 0 aliphatic rings. The quantitative estimate of drug-likeness (QED) is 0.411. The van der Waals surface area contributed by atoms with Crippen LogP contribution < -0.4 is 0 Å². The third-order valence-electron chi connectivity index (χ3n) is 0.232. The molecule has 0 unspecified atom stereocenters. The summed E-state index contributed by atoms with van der Waals surface area (Å²) >= 11 is 8.51. The van der Waals surface area contributed by atoms with Gasteiger partial charge in [0.1, 0.15) is 12.5 Å². The zero-order chi connectivity index (χ0) is 5.54. The molecule has 0 heterocycles. The van der Waals surface area contributed by atoms with Crippen LogP contribution in [0.4, 0.5) is 0 Å². The van der Waals surface area contributed by atoms with E-state index in [0.717, 1.165) is 0 Å². The van der Waals surface area contributed by atoms with Gasteiger partial charge in [-0.3, -0.25) is 0 Å². The molecule has 0 bridgehead atoms. The maximum atomic E-state index is 4.45. The molecule has 0 saturated heterocycles. The van der Waals surface area contributed by atoms with E-state index in [9.17, 15) is 0 Å². The molecule has 0 radical (unpaired) electrons. The number of thiocarbonyl (C=S) groups is 2. The van der Waals surface area contributed by atoms with Crippen LogP contribution in [0.25, 0.3) is 0 Å². The highest BCUT2D eigenvalue weighted by Gasteiger charge is 1.55. The van der Waals surface area contributed by atoms with Crippen LogP contribution in [0.2, 0.25) is 0 Å². The number of rotatable bonds is 2. The molecule has 36 valence electrons. The van der Waals surface area contributed by atoms with E-state index in [4.69, 9.17) is 0 Å². The number of hydrogen-bond donors (Lipinski definition) is 0. The summed E-state index contributed by atoms with van der Waals surface area (Å²) in [6.45, 7) is 0. The van der Waals surface area contributed by atoms with E-state index in [0.29, 0.717) is 0 Å². The van der Waals surface area contributed by atoms with Crippen molar-refractivity contribution in [2.24, 2.45) is 0 Å². The molecule has 1 nitrogen and oxygen atoms in total.